The predicted octanol–water partition coefficient (Wildman–Crippen LogP) is -1.25. The second kappa shape index (κ2) is 6.44. The summed E-state index contributed by atoms with van der Waals surface area (Å²) in [5.41, 5.74) is 5.21. The maximum atomic E-state index is 11.4. The van der Waals surface area contributed by atoms with Gasteiger partial charge in [-0.2, -0.15) is 0 Å². The molecule has 0 aromatic rings. The minimum atomic E-state index is -0.619. The van der Waals surface area contributed by atoms with Gasteiger partial charge in [0.15, 0.2) is 0 Å². The molecule has 2 unspecified atom stereocenters. The van der Waals surface area contributed by atoms with Gasteiger partial charge in [0.2, 0.25) is 0 Å². The highest BCUT2D eigenvalue weighted by atomic mass is 16.5. The fourth-order valence-electron chi connectivity index (χ4n) is 1.80. The van der Waals surface area contributed by atoms with Gasteiger partial charge in [-0.1, -0.05) is 0 Å². The van der Waals surface area contributed by atoms with Crippen LogP contribution in [0.5, 0.6) is 0 Å². The normalized spacial score (nSPS) is 24.1. The molecular formula is C10H19N3O3. The molecule has 4 N–H and O–H groups in total. The first kappa shape index (κ1) is 12.9. The fourth-order valence-corrected chi connectivity index (χ4v) is 1.80. The van der Waals surface area contributed by atoms with Crippen LogP contribution < -0.4 is 16.4 Å². The third-order valence-electron chi connectivity index (χ3n) is 2.69. The fraction of sp³-hybridized carbons (Fsp3) is 0.800. The Morgan fingerprint density at radius 1 is 1.38 bits per heavy atom. The second-order valence-electron chi connectivity index (χ2n) is 3.89. The Labute approximate surface area is 94.9 Å². The summed E-state index contributed by atoms with van der Waals surface area (Å²) in [6, 6.07) is 0.0427. The lowest BCUT2D eigenvalue weighted by Crippen LogP contribution is -2.45. The summed E-state index contributed by atoms with van der Waals surface area (Å²) in [5.74, 6) is -1.21. The van der Waals surface area contributed by atoms with Crippen LogP contribution in [0.2, 0.25) is 0 Å². The molecule has 2 atom stereocenters. The standard InChI is InChI=1S/C10H19N3O3/c1-16-8-3-2-7(6-8)13-10(15)9(14)12-5-4-11/h7-8H,2-6,11H2,1H3,(H,12,14)(H,13,15). The quantitative estimate of drug-likeness (QED) is 0.525. The number of carbonyl (C=O) groups is 2. The molecule has 0 aromatic heterocycles. The number of amides is 2. The number of carbonyl (C=O) groups excluding carboxylic acids is 2. The molecule has 0 spiro atoms. The van der Waals surface area contributed by atoms with Crippen LogP contribution in [0.3, 0.4) is 0 Å². The molecule has 1 saturated carbocycles. The highest BCUT2D eigenvalue weighted by molar-refractivity contribution is 6.35. The molecule has 92 valence electrons. The lowest BCUT2D eigenvalue weighted by Gasteiger charge is -2.12. The molecule has 0 saturated heterocycles. The average Bonchev–Trinajstić information content (AvgIpc) is 2.73. The van der Waals surface area contributed by atoms with Crippen LogP contribution in [0, 0.1) is 0 Å². The Hall–Kier alpha value is -1.14. The van der Waals surface area contributed by atoms with Crippen LogP contribution in [-0.2, 0) is 14.3 Å². The number of methoxy groups -OCH3 is 1. The van der Waals surface area contributed by atoms with E-state index >= 15 is 0 Å². The van der Waals surface area contributed by atoms with Crippen molar-refractivity contribution in [3.8, 4) is 0 Å². The number of nitrogens with one attached hydrogen (secondary N) is 2. The van der Waals surface area contributed by atoms with Crippen molar-refractivity contribution < 1.29 is 14.3 Å². The first-order chi connectivity index (χ1) is 7.67. The molecule has 6 heteroatoms. The third-order valence-corrected chi connectivity index (χ3v) is 2.69. The molecule has 1 rings (SSSR count). The molecule has 16 heavy (non-hydrogen) atoms. The van der Waals surface area contributed by atoms with Gasteiger partial charge in [-0.25, -0.2) is 0 Å². The van der Waals surface area contributed by atoms with E-state index in [2.05, 4.69) is 10.6 Å². The van der Waals surface area contributed by atoms with E-state index in [1.807, 2.05) is 0 Å². The SMILES string of the molecule is COC1CCC(NC(=O)C(=O)NCCN)C1. The van der Waals surface area contributed by atoms with Gasteiger partial charge in [0, 0.05) is 26.2 Å². The zero-order valence-corrected chi connectivity index (χ0v) is 9.49. The number of nitrogens with two attached hydrogens (primary N) is 1. The summed E-state index contributed by atoms with van der Waals surface area (Å²) < 4.78 is 5.18. The monoisotopic (exact) mass is 229 g/mol. The summed E-state index contributed by atoms with van der Waals surface area (Å²) in [7, 11) is 1.66. The Morgan fingerprint density at radius 3 is 2.69 bits per heavy atom. The summed E-state index contributed by atoms with van der Waals surface area (Å²) in [6.07, 6.45) is 2.74. The third kappa shape index (κ3) is 3.79. The number of hydrogen-bond acceptors (Lipinski definition) is 4. The molecular weight excluding hydrogens is 210 g/mol. The minimum absolute atomic E-state index is 0.0427. The van der Waals surface area contributed by atoms with Gasteiger partial charge in [0.1, 0.15) is 0 Å². The van der Waals surface area contributed by atoms with Crippen molar-refractivity contribution in [2.24, 2.45) is 5.73 Å². The Kier molecular flexibility index (Phi) is 5.21. The van der Waals surface area contributed by atoms with Crippen molar-refractivity contribution >= 4 is 11.8 Å². The van der Waals surface area contributed by atoms with Crippen LogP contribution in [0.25, 0.3) is 0 Å². The lowest BCUT2D eigenvalue weighted by molar-refractivity contribution is -0.139. The van der Waals surface area contributed by atoms with E-state index in [0.29, 0.717) is 13.1 Å². The van der Waals surface area contributed by atoms with E-state index in [4.69, 9.17) is 10.5 Å². The van der Waals surface area contributed by atoms with Crippen molar-refractivity contribution in [3.05, 3.63) is 0 Å². The van der Waals surface area contributed by atoms with Crippen molar-refractivity contribution in [1.29, 1.82) is 0 Å². The molecule has 2 amide bonds. The average molecular weight is 229 g/mol. The maximum Gasteiger partial charge on any atom is 0.309 e. The summed E-state index contributed by atoms with van der Waals surface area (Å²) >= 11 is 0. The molecule has 1 aliphatic carbocycles. The number of hydrogen-bond donors (Lipinski definition) is 3. The predicted molar refractivity (Wildman–Crippen MR) is 58.6 cm³/mol. The molecule has 0 aromatic carbocycles. The molecule has 1 fully saturated rings. The van der Waals surface area contributed by atoms with E-state index in [9.17, 15) is 9.59 Å². The Balaban J connectivity index is 2.26. The Morgan fingerprint density at radius 2 is 2.12 bits per heavy atom. The topological polar surface area (TPSA) is 93.4 Å². The van der Waals surface area contributed by atoms with Crippen molar-refractivity contribution in [3.63, 3.8) is 0 Å². The van der Waals surface area contributed by atoms with Gasteiger partial charge in [0.25, 0.3) is 0 Å². The first-order valence-electron chi connectivity index (χ1n) is 5.49. The number of ether oxygens (including phenoxy) is 1. The number of rotatable bonds is 4. The van der Waals surface area contributed by atoms with Gasteiger partial charge in [0.05, 0.1) is 6.10 Å². The zero-order chi connectivity index (χ0) is 12.0. The molecule has 0 bridgehead atoms. The minimum Gasteiger partial charge on any atom is -0.381 e. The summed E-state index contributed by atoms with van der Waals surface area (Å²) in [4.78, 5) is 22.6. The first-order valence-corrected chi connectivity index (χ1v) is 5.49. The molecule has 6 nitrogen and oxygen atoms in total. The van der Waals surface area contributed by atoms with Gasteiger partial charge < -0.3 is 21.1 Å². The highest BCUT2D eigenvalue weighted by Gasteiger charge is 2.27. The van der Waals surface area contributed by atoms with Crippen molar-refractivity contribution in [2.75, 3.05) is 20.2 Å². The summed E-state index contributed by atoms with van der Waals surface area (Å²) in [6.45, 7) is 0.645. The lowest BCUT2D eigenvalue weighted by atomic mass is 10.2. The van der Waals surface area contributed by atoms with Gasteiger partial charge in [-0.05, 0) is 19.3 Å². The smallest absolute Gasteiger partial charge is 0.309 e. The molecule has 0 heterocycles. The Bertz CT molecular complexity index is 258. The van der Waals surface area contributed by atoms with Gasteiger partial charge in [-0.15, -0.1) is 0 Å². The molecule has 0 aliphatic heterocycles. The van der Waals surface area contributed by atoms with Crippen molar-refractivity contribution in [1.82, 2.24) is 10.6 Å². The van der Waals surface area contributed by atoms with Crippen LogP contribution >= 0.6 is 0 Å². The van der Waals surface area contributed by atoms with Crippen molar-refractivity contribution in [2.45, 2.75) is 31.4 Å². The van der Waals surface area contributed by atoms with Gasteiger partial charge in [-0.3, -0.25) is 9.59 Å². The van der Waals surface area contributed by atoms with E-state index in [1.165, 1.54) is 0 Å². The van der Waals surface area contributed by atoms with E-state index in [1.54, 1.807) is 7.11 Å². The molecule has 1 aliphatic rings. The van der Waals surface area contributed by atoms with Crippen LogP contribution in [0.1, 0.15) is 19.3 Å². The largest absolute Gasteiger partial charge is 0.381 e. The van der Waals surface area contributed by atoms with E-state index < -0.39 is 11.8 Å². The van der Waals surface area contributed by atoms with Crippen LogP contribution in [0.4, 0.5) is 0 Å². The van der Waals surface area contributed by atoms with E-state index in [0.717, 1.165) is 19.3 Å². The van der Waals surface area contributed by atoms with Crippen LogP contribution in [0.15, 0.2) is 0 Å². The van der Waals surface area contributed by atoms with Gasteiger partial charge >= 0.3 is 11.8 Å². The van der Waals surface area contributed by atoms with E-state index in [-0.39, 0.29) is 12.1 Å². The second-order valence-corrected chi connectivity index (χ2v) is 3.89. The maximum absolute atomic E-state index is 11.4. The molecule has 0 radical (unpaired) electrons. The highest BCUT2D eigenvalue weighted by Crippen LogP contribution is 2.21. The van der Waals surface area contributed by atoms with Crippen LogP contribution in [-0.4, -0.2) is 44.2 Å². The summed E-state index contributed by atoms with van der Waals surface area (Å²) in [5, 5.41) is 5.10. The zero-order valence-electron chi connectivity index (χ0n) is 9.49.